The normalized spacial score (nSPS) is 10.8. The maximum atomic E-state index is 11.3. The van der Waals surface area contributed by atoms with Crippen molar-refractivity contribution in [3.8, 4) is 11.5 Å². The zero-order chi connectivity index (χ0) is 13.1. The predicted molar refractivity (Wildman–Crippen MR) is 64.3 cm³/mol. The third kappa shape index (κ3) is 3.77. The van der Waals surface area contributed by atoms with Gasteiger partial charge < -0.3 is 9.47 Å². The van der Waals surface area contributed by atoms with E-state index in [9.17, 15) is 9.59 Å². The molecule has 0 aliphatic heterocycles. The first-order chi connectivity index (χ1) is 7.88. The van der Waals surface area contributed by atoms with E-state index in [-0.39, 0.29) is 11.5 Å². The van der Waals surface area contributed by atoms with Gasteiger partial charge in [-0.05, 0) is 18.2 Å². The van der Waals surface area contributed by atoms with Gasteiger partial charge in [0.2, 0.25) is 0 Å². The first-order valence-corrected chi connectivity index (χ1v) is 5.44. The molecule has 7 heteroatoms. The number of alkyl halides is 3. The largest absolute Gasteiger partial charge is 0.493 e. The number of methoxy groups -OCH3 is 1. The zero-order valence-electron chi connectivity index (χ0n) is 8.58. The topological polar surface area (TPSA) is 52.6 Å². The van der Waals surface area contributed by atoms with Gasteiger partial charge in [0.25, 0.3) is 3.79 Å². The maximum Gasteiger partial charge on any atom is 0.364 e. The van der Waals surface area contributed by atoms with Crippen LogP contribution in [-0.2, 0) is 4.79 Å². The highest BCUT2D eigenvalue weighted by Crippen LogP contribution is 2.32. The van der Waals surface area contributed by atoms with Crippen molar-refractivity contribution in [3.63, 3.8) is 0 Å². The van der Waals surface area contributed by atoms with Gasteiger partial charge in [-0.25, -0.2) is 4.79 Å². The number of ether oxygens (including phenoxy) is 2. The van der Waals surface area contributed by atoms with Gasteiger partial charge >= 0.3 is 5.97 Å². The highest BCUT2D eigenvalue weighted by molar-refractivity contribution is 6.75. The smallest absolute Gasteiger partial charge is 0.364 e. The SMILES string of the molecule is COc1cc(C=O)ccc1OC(=O)C(Cl)(Cl)Cl. The molecule has 1 aromatic carbocycles. The summed E-state index contributed by atoms with van der Waals surface area (Å²) in [4.78, 5) is 21.9. The molecule has 0 aliphatic rings. The Kier molecular flexibility index (Phi) is 4.62. The quantitative estimate of drug-likeness (QED) is 0.372. The van der Waals surface area contributed by atoms with Crippen LogP contribution >= 0.6 is 34.8 Å². The number of benzene rings is 1. The fourth-order valence-electron chi connectivity index (χ4n) is 1.000. The Morgan fingerprint density at radius 2 is 1.94 bits per heavy atom. The lowest BCUT2D eigenvalue weighted by atomic mass is 10.2. The van der Waals surface area contributed by atoms with Crippen LogP contribution in [0.25, 0.3) is 0 Å². The van der Waals surface area contributed by atoms with E-state index in [0.717, 1.165) is 0 Å². The number of carbonyl (C=O) groups is 2. The summed E-state index contributed by atoms with van der Waals surface area (Å²) in [7, 11) is 1.36. The lowest BCUT2D eigenvalue weighted by Gasteiger charge is -2.12. The maximum absolute atomic E-state index is 11.3. The first kappa shape index (κ1) is 14.1. The first-order valence-electron chi connectivity index (χ1n) is 4.30. The van der Waals surface area contributed by atoms with E-state index in [1.165, 1.54) is 25.3 Å². The van der Waals surface area contributed by atoms with E-state index in [4.69, 9.17) is 44.3 Å². The molecule has 0 spiro atoms. The molecule has 17 heavy (non-hydrogen) atoms. The fourth-order valence-corrected chi connectivity index (χ4v) is 1.12. The number of carbonyl (C=O) groups excluding carboxylic acids is 2. The van der Waals surface area contributed by atoms with Crippen molar-refractivity contribution in [3.05, 3.63) is 23.8 Å². The second-order valence-corrected chi connectivity index (χ2v) is 5.20. The Bertz CT molecular complexity index is 440. The van der Waals surface area contributed by atoms with Crippen LogP contribution in [0.5, 0.6) is 11.5 Å². The fraction of sp³-hybridized carbons (Fsp3) is 0.200. The third-order valence-corrected chi connectivity index (χ3v) is 2.22. The van der Waals surface area contributed by atoms with E-state index in [1.54, 1.807) is 0 Å². The van der Waals surface area contributed by atoms with Gasteiger partial charge in [0, 0.05) is 5.56 Å². The molecule has 1 rings (SSSR count). The Balaban J connectivity index is 2.99. The molecule has 0 atom stereocenters. The molecule has 4 nitrogen and oxygen atoms in total. The standard InChI is InChI=1S/C10H7Cl3O4/c1-16-8-4-6(5-14)2-3-7(8)17-9(15)10(11,12)13/h2-5H,1H3. The third-order valence-electron chi connectivity index (χ3n) is 1.76. The average Bonchev–Trinajstić information content (AvgIpc) is 2.28. The summed E-state index contributed by atoms with van der Waals surface area (Å²) in [6.45, 7) is 0. The molecule has 0 N–H and O–H groups in total. The van der Waals surface area contributed by atoms with Crippen molar-refractivity contribution in [2.45, 2.75) is 3.79 Å². The van der Waals surface area contributed by atoms with Crippen LogP contribution in [0, 0.1) is 0 Å². The number of rotatable bonds is 3. The minimum Gasteiger partial charge on any atom is -0.493 e. The molecule has 0 heterocycles. The average molecular weight is 298 g/mol. The molecule has 0 bridgehead atoms. The highest BCUT2D eigenvalue weighted by atomic mass is 35.6. The second kappa shape index (κ2) is 5.58. The molecule has 92 valence electrons. The summed E-state index contributed by atoms with van der Waals surface area (Å²) in [6, 6.07) is 4.21. The second-order valence-electron chi connectivity index (χ2n) is 2.92. The summed E-state index contributed by atoms with van der Waals surface area (Å²) in [6.07, 6.45) is 0.628. The van der Waals surface area contributed by atoms with Crippen LogP contribution in [0.3, 0.4) is 0 Å². The van der Waals surface area contributed by atoms with E-state index < -0.39 is 9.76 Å². The number of halogens is 3. The number of aldehydes is 1. The summed E-state index contributed by atoms with van der Waals surface area (Å²) >= 11 is 16.0. The van der Waals surface area contributed by atoms with Crippen molar-refractivity contribution >= 4 is 47.1 Å². The Morgan fingerprint density at radius 1 is 1.29 bits per heavy atom. The van der Waals surface area contributed by atoms with Gasteiger partial charge in [-0.1, -0.05) is 34.8 Å². The van der Waals surface area contributed by atoms with E-state index in [2.05, 4.69) is 0 Å². The molecule has 0 fully saturated rings. The van der Waals surface area contributed by atoms with Gasteiger partial charge in [-0.3, -0.25) is 4.79 Å². The lowest BCUT2D eigenvalue weighted by Crippen LogP contribution is -2.24. The van der Waals surface area contributed by atoms with E-state index in [0.29, 0.717) is 11.8 Å². The molecule has 0 saturated carbocycles. The van der Waals surface area contributed by atoms with Crippen molar-refractivity contribution in [2.75, 3.05) is 7.11 Å². The monoisotopic (exact) mass is 296 g/mol. The predicted octanol–water partition coefficient (Wildman–Crippen LogP) is 2.78. The van der Waals surface area contributed by atoms with Gasteiger partial charge in [-0.15, -0.1) is 0 Å². The van der Waals surface area contributed by atoms with Crippen LogP contribution in [-0.4, -0.2) is 23.2 Å². The summed E-state index contributed by atoms with van der Waals surface area (Å²) in [5, 5.41) is 0. The van der Waals surface area contributed by atoms with Crippen LogP contribution in [0.4, 0.5) is 0 Å². The summed E-state index contributed by atoms with van der Waals surface area (Å²) < 4.78 is 7.59. The van der Waals surface area contributed by atoms with E-state index >= 15 is 0 Å². The van der Waals surface area contributed by atoms with Crippen molar-refractivity contribution < 1.29 is 19.1 Å². The molecule has 0 radical (unpaired) electrons. The molecule has 0 unspecified atom stereocenters. The lowest BCUT2D eigenvalue weighted by molar-refractivity contribution is -0.133. The Morgan fingerprint density at radius 3 is 2.41 bits per heavy atom. The van der Waals surface area contributed by atoms with Crippen molar-refractivity contribution in [1.82, 2.24) is 0 Å². The number of esters is 1. The van der Waals surface area contributed by atoms with Crippen molar-refractivity contribution in [2.24, 2.45) is 0 Å². The van der Waals surface area contributed by atoms with Gasteiger partial charge in [0.1, 0.15) is 6.29 Å². The molecular formula is C10H7Cl3O4. The van der Waals surface area contributed by atoms with Crippen LogP contribution in [0.15, 0.2) is 18.2 Å². The minimum atomic E-state index is -2.17. The minimum absolute atomic E-state index is 0.0643. The molecule has 1 aromatic rings. The number of hydrogen-bond acceptors (Lipinski definition) is 4. The number of hydrogen-bond donors (Lipinski definition) is 0. The van der Waals surface area contributed by atoms with Gasteiger partial charge in [0.05, 0.1) is 7.11 Å². The highest BCUT2D eigenvalue weighted by Gasteiger charge is 2.33. The van der Waals surface area contributed by atoms with Crippen LogP contribution in [0.2, 0.25) is 0 Å². The Hall–Kier alpha value is -0.970. The Labute approximate surface area is 112 Å². The molecule has 0 aromatic heterocycles. The van der Waals surface area contributed by atoms with Crippen LogP contribution in [0.1, 0.15) is 10.4 Å². The molecular weight excluding hydrogens is 290 g/mol. The van der Waals surface area contributed by atoms with Crippen molar-refractivity contribution in [1.29, 1.82) is 0 Å². The zero-order valence-corrected chi connectivity index (χ0v) is 10.8. The summed E-state index contributed by atoms with van der Waals surface area (Å²) in [5.41, 5.74) is 0.371. The van der Waals surface area contributed by atoms with E-state index in [1.807, 2.05) is 0 Å². The van der Waals surface area contributed by atoms with Crippen LogP contribution < -0.4 is 9.47 Å². The molecule has 0 amide bonds. The van der Waals surface area contributed by atoms with Gasteiger partial charge in [-0.2, -0.15) is 0 Å². The molecule has 0 saturated heterocycles. The van der Waals surface area contributed by atoms with Gasteiger partial charge in [0.15, 0.2) is 11.5 Å². The molecule has 0 aliphatic carbocycles. The summed E-state index contributed by atoms with van der Waals surface area (Å²) in [5.74, 6) is -0.800.